The predicted octanol–water partition coefficient (Wildman–Crippen LogP) is 3.67. The molecule has 0 amide bonds. The first-order valence-corrected chi connectivity index (χ1v) is 5.50. The summed E-state index contributed by atoms with van der Waals surface area (Å²) >= 11 is 0. The lowest BCUT2D eigenvalue weighted by Gasteiger charge is -2.09. The maximum Gasteiger partial charge on any atom is 0.126 e. The Morgan fingerprint density at radius 1 is 0.867 bits per heavy atom. The second-order valence-corrected chi connectivity index (χ2v) is 3.79. The average molecular weight is 200 g/mol. The third-order valence-corrected chi connectivity index (χ3v) is 2.97. The molecular weight excluding hydrogens is 184 g/mol. The molecule has 0 saturated heterocycles. The van der Waals surface area contributed by atoms with Gasteiger partial charge < -0.3 is 5.11 Å². The molecule has 0 unspecified atom stereocenters. The minimum absolute atomic E-state index is 0.449. The molecule has 0 bridgehead atoms. The van der Waals surface area contributed by atoms with Gasteiger partial charge in [-0.3, -0.25) is 0 Å². The summed E-state index contributed by atoms with van der Waals surface area (Å²) in [6.45, 7) is 4.20. The zero-order chi connectivity index (χ0) is 10.8. The molecule has 0 fully saturated rings. The molecule has 0 aromatic heterocycles. The Hall–Kier alpha value is -1.50. The summed E-state index contributed by atoms with van der Waals surface area (Å²) in [6.07, 6.45) is 1.88. The Morgan fingerprint density at radius 2 is 1.60 bits per heavy atom. The highest BCUT2D eigenvalue weighted by molar-refractivity contribution is 5.91. The molecule has 0 heterocycles. The molecule has 78 valence electrons. The first-order valence-electron chi connectivity index (χ1n) is 5.50. The number of aryl methyl sites for hydroxylation is 2. The van der Waals surface area contributed by atoms with Crippen LogP contribution < -0.4 is 0 Å². The number of hydrogen-bond donors (Lipinski definition) is 1. The monoisotopic (exact) mass is 200 g/mol. The zero-order valence-electron chi connectivity index (χ0n) is 9.25. The quantitative estimate of drug-likeness (QED) is 0.784. The fraction of sp³-hybridized carbons (Fsp3) is 0.286. The van der Waals surface area contributed by atoms with Gasteiger partial charge in [0.05, 0.1) is 0 Å². The van der Waals surface area contributed by atoms with Gasteiger partial charge in [0.15, 0.2) is 0 Å². The first kappa shape index (κ1) is 10.0. The smallest absolute Gasteiger partial charge is 0.126 e. The molecule has 1 nitrogen and oxygen atoms in total. The molecule has 0 aliphatic carbocycles. The fourth-order valence-corrected chi connectivity index (χ4v) is 2.05. The molecule has 15 heavy (non-hydrogen) atoms. The van der Waals surface area contributed by atoms with Gasteiger partial charge in [-0.15, -0.1) is 0 Å². The third kappa shape index (κ3) is 1.58. The highest BCUT2D eigenvalue weighted by atomic mass is 16.3. The molecule has 0 spiro atoms. The lowest BCUT2D eigenvalue weighted by atomic mass is 9.99. The first-order chi connectivity index (χ1) is 7.27. The van der Waals surface area contributed by atoms with Crippen LogP contribution in [0.5, 0.6) is 5.75 Å². The SMILES string of the molecule is CCc1ccc2c(CC)cccc2c1O. The number of phenols is 1. The average Bonchev–Trinajstić information content (AvgIpc) is 2.29. The van der Waals surface area contributed by atoms with Crippen molar-refractivity contribution in [1.82, 2.24) is 0 Å². The molecule has 1 heteroatoms. The van der Waals surface area contributed by atoms with E-state index in [9.17, 15) is 5.11 Å². The largest absolute Gasteiger partial charge is 0.507 e. The Balaban J connectivity index is 2.78. The molecule has 0 atom stereocenters. The normalized spacial score (nSPS) is 10.8. The van der Waals surface area contributed by atoms with Crippen LogP contribution in [0.4, 0.5) is 0 Å². The number of fused-ring (bicyclic) bond motifs is 1. The van der Waals surface area contributed by atoms with Gasteiger partial charge in [0, 0.05) is 5.39 Å². The summed E-state index contributed by atoms with van der Waals surface area (Å²) in [5.41, 5.74) is 2.32. The van der Waals surface area contributed by atoms with Gasteiger partial charge in [-0.25, -0.2) is 0 Å². The number of rotatable bonds is 2. The Bertz CT molecular complexity index is 486. The molecule has 1 N–H and O–H groups in total. The van der Waals surface area contributed by atoms with Crippen LogP contribution in [0.2, 0.25) is 0 Å². The van der Waals surface area contributed by atoms with Crippen LogP contribution in [0.25, 0.3) is 10.8 Å². The van der Waals surface area contributed by atoms with Gasteiger partial charge in [-0.1, -0.05) is 44.2 Å². The maximum atomic E-state index is 10.1. The summed E-state index contributed by atoms with van der Waals surface area (Å²) in [7, 11) is 0. The van der Waals surface area contributed by atoms with Crippen molar-refractivity contribution >= 4 is 10.8 Å². The standard InChI is InChI=1S/C14H16O/c1-3-10-6-5-7-13-12(10)9-8-11(4-2)14(13)15/h5-9,15H,3-4H2,1-2H3. The van der Waals surface area contributed by atoms with Crippen LogP contribution >= 0.6 is 0 Å². The minimum atomic E-state index is 0.449. The van der Waals surface area contributed by atoms with E-state index >= 15 is 0 Å². The molecule has 2 aromatic carbocycles. The van der Waals surface area contributed by atoms with Crippen LogP contribution in [0.1, 0.15) is 25.0 Å². The van der Waals surface area contributed by atoms with E-state index in [0.717, 1.165) is 23.8 Å². The van der Waals surface area contributed by atoms with Gasteiger partial charge in [0.1, 0.15) is 5.75 Å². The summed E-state index contributed by atoms with van der Waals surface area (Å²) in [5, 5.41) is 12.2. The van der Waals surface area contributed by atoms with Gasteiger partial charge in [0.25, 0.3) is 0 Å². The van der Waals surface area contributed by atoms with Crippen molar-refractivity contribution in [2.24, 2.45) is 0 Å². The van der Waals surface area contributed by atoms with Crippen LogP contribution in [0, 0.1) is 0 Å². The van der Waals surface area contributed by atoms with Crippen LogP contribution in [0.15, 0.2) is 30.3 Å². The Kier molecular flexibility index (Phi) is 2.63. The summed E-state index contributed by atoms with van der Waals surface area (Å²) in [6, 6.07) is 10.3. The molecule has 0 radical (unpaired) electrons. The van der Waals surface area contributed by atoms with E-state index in [4.69, 9.17) is 0 Å². The van der Waals surface area contributed by atoms with Crippen molar-refractivity contribution in [1.29, 1.82) is 0 Å². The molecular formula is C14H16O. The second-order valence-electron chi connectivity index (χ2n) is 3.79. The summed E-state index contributed by atoms with van der Waals surface area (Å²) < 4.78 is 0. The zero-order valence-corrected chi connectivity index (χ0v) is 9.25. The molecule has 0 aliphatic heterocycles. The van der Waals surface area contributed by atoms with Gasteiger partial charge in [0.2, 0.25) is 0 Å². The number of benzene rings is 2. The van der Waals surface area contributed by atoms with Crippen molar-refractivity contribution in [3.8, 4) is 5.75 Å². The third-order valence-electron chi connectivity index (χ3n) is 2.97. The molecule has 2 rings (SSSR count). The van der Waals surface area contributed by atoms with Gasteiger partial charge in [-0.05, 0) is 29.4 Å². The summed E-state index contributed by atoms with van der Waals surface area (Å²) in [5.74, 6) is 0.449. The molecule has 0 aliphatic rings. The van der Waals surface area contributed by atoms with Crippen molar-refractivity contribution in [3.05, 3.63) is 41.5 Å². The van der Waals surface area contributed by atoms with Crippen LogP contribution in [-0.2, 0) is 12.8 Å². The topological polar surface area (TPSA) is 20.2 Å². The highest BCUT2D eigenvalue weighted by Gasteiger charge is 2.06. The van der Waals surface area contributed by atoms with Crippen molar-refractivity contribution in [2.75, 3.05) is 0 Å². The van der Waals surface area contributed by atoms with E-state index in [-0.39, 0.29) is 0 Å². The highest BCUT2D eigenvalue weighted by Crippen LogP contribution is 2.31. The van der Waals surface area contributed by atoms with Gasteiger partial charge >= 0.3 is 0 Å². The van der Waals surface area contributed by atoms with Gasteiger partial charge in [-0.2, -0.15) is 0 Å². The van der Waals surface area contributed by atoms with E-state index in [2.05, 4.69) is 26.0 Å². The Morgan fingerprint density at radius 3 is 2.27 bits per heavy atom. The van der Waals surface area contributed by atoms with Crippen molar-refractivity contribution in [3.63, 3.8) is 0 Å². The number of hydrogen-bond acceptors (Lipinski definition) is 1. The second kappa shape index (κ2) is 3.93. The van der Waals surface area contributed by atoms with E-state index in [1.807, 2.05) is 18.2 Å². The Labute approximate surface area is 90.4 Å². The van der Waals surface area contributed by atoms with Crippen LogP contribution in [0.3, 0.4) is 0 Å². The van der Waals surface area contributed by atoms with E-state index in [0.29, 0.717) is 5.75 Å². The predicted molar refractivity (Wildman–Crippen MR) is 64.4 cm³/mol. The van der Waals surface area contributed by atoms with E-state index in [1.165, 1.54) is 10.9 Å². The van der Waals surface area contributed by atoms with Crippen LogP contribution in [-0.4, -0.2) is 5.11 Å². The lowest BCUT2D eigenvalue weighted by molar-refractivity contribution is 0.475. The minimum Gasteiger partial charge on any atom is -0.507 e. The number of phenolic OH excluding ortho intramolecular Hbond substituents is 1. The lowest BCUT2D eigenvalue weighted by Crippen LogP contribution is -1.87. The van der Waals surface area contributed by atoms with E-state index in [1.54, 1.807) is 0 Å². The van der Waals surface area contributed by atoms with E-state index < -0.39 is 0 Å². The van der Waals surface area contributed by atoms with Crippen molar-refractivity contribution < 1.29 is 5.11 Å². The number of aromatic hydroxyl groups is 1. The maximum absolute atomic E-state index is 10.1. The van der Waals surface area contributed by atoms with Crippen molar-refractivity contribution in [2.45, 2.75) is 26.7 Å². The molecule has 0 saturated carbocycles. The fourth-order valence-electron chi connectivity index (χ4n) is 2.05. The molecule has 2 aromatic rings. The summed E-state index contributed by atoms with van der Waals surface area (Å²) in [4.78, 5) is 0.